The maximum absolute atomic E-state index is 9.86. The van der Waals surface area contributed by atoms with Crippen molar-refractivity contribution in [3.8, 4) is 23.3 Å². The quantitative estimate of drug-likeness (QED) is 0.300. The minimum absolute atomic E-state index is 0.674. The van der Waals surface area contributed by atoms with E-state index in [0.717, 1.165) is 5.69 Å². The predicted octanol–water partition coefficient (Wildman–Crippen LogP) is 4.57. The second-order valence-corrected chi connectivity index (χ2v) is 16.9. The zero-order valence-electron chi connectivity index (χ0n) is 19.3. The molecule has 2 aliphatic heterocycles. The van der Waals surface area contributed by atoms with Crippen molar-refractivity contribution in [1.29, 1.82) is 10.5 Å². The van der Waals surface area contributed by atoms with E-state index in [1.165, 1.54) is 40.1 Å². The van der Waals surface area contributed by atoms with E-state index in [0.29, 0.717) is 11.1 Å². The van der Waals surface area contributed by atoms with Gasteiger partial charge in [-0.3, -0.25) is 0 Å². The fourth-order valence-corrected chi connectivity index (χ4v) is 17.9. The molecule has 0 radical (unpaired) electrons. The Morgan fingerprint density at radius 2 is 0.972 bits per heavy atom. The molecule has 0 saturated carbocycles. The van der Waals surface area contributed by atoms with Gasteiger partial charge in [0.05, 0.1) is 0 Å². The van der Waals surface area contributed by atoms with Crippen molar-refractivity contribution >= 4 is 47.9 Å². The van der Waals surface area contributed by atoms with Gasteiger partial charge in [-0.1, -0.05) is 0 Å². The Bertz CT molecular complexity index is 1660. The normalized spacial score (nSPS) is 13.7. The van der Waals surface area contributed by atoms with Crippen LogP contribution in [-0.4, -0.2) is 13.3 Å². The summed E-state index contributed by atoms with van der Waals surface area (Å²) in [5, 5.41) is 19.7. The molecule has 0 N–H and O–H groups in total. The van der Waals surface area contributed by atoms with Gasteiger partial charge < -0.3 is 0 Å². The first kappa shape index (κ1) is 20.8. The summed E-state index contributed by atoms with van der Waals surface area (Å²) in [5.74, 6) is 0. The third-order valence-electron chi connectivity index (χ3n) is 7.51. The van der Waals surface area contributed by atoms with Crippen LogP contribution in [0.2, 0.25) is 0 Å². The maximum atomic E-state index is 9.86. The van der Waals surface area contributed by atoms with Crippen LogP contribution >= 0.6 is 0 Å². The van der Waals surface area contributed by atoms with Crippen LogP contribution in [0.4, 0.5) is 17.1 Å². The molecule has 0 aromatic heterocycles. The van der Waals surface area contributed by atoms with Gasteiger partial charge in [0, 0.05) is 0 Å². The number of nitriles is 2. The van der Waals surface area contributed by atoms with E-state index >= 15 is 0 Å². The molecule has 166 valence electrons. The molecule has 36 heavy (non-hydrogen) atoms. The molecular formula is C32H19GeN3. The fraction of sp³-hybridized carbons (Fsp3) is 0. The standard InChI is InChI=1S/C32H19GeN3/c34-20-22-14-16-25-26-17-15-23(21-35)19-30(26)33(29(25)18-22)27-10-4-6-12-31(27)36(24-8-2-1-3-9-24)32-13-7-5-11-28(32)33/h1-19H. The summed E-state index contributed by atoms with van der Waals surface area (Å²) in [6, 6.07) is 45.0. The van der Waals surface area contributed by atoms with Gasteiger partial charge >= 0.3 is 213 Å². The van der Waals surface area contributed by atoms with Gasteiger partial charge in [-0.05, 0) is 0 Å². The topological polar surface area (TPSA) is 50.8 Å². The fourth-order valence-electron chi connectivity index (χ4n) is 6.14. The van der Waals surface area contributed by atoms with Crippen LogP contribution in [0, 0.1) is 22.7 Å². The van der Waals surface area contributed by atoms with Gasteiger partial charge in [-0.2, -0.15) is 0 Å². The van der Waals surface area contributed by atoms with Crippen molar-refractivity contribution in [3.63, 3.8) is 0 Å². The van der Waals surface area contributed by atoms with Crippen LogP contribution in [0.3, 0.4) is 0 Å². The summed E-state index contributed by atoms with van der Waals surface area (Å²) in [6.07, 6.45) is 0. The van der Waals surface area contributed by atoms with Crippen LogP contribution < -0.4 is 22.5 Å². The van der Waals surface area contributed by atoms with E-state index in [1.807, 2.05) is 18.2 Å². The number of benzene rings is 5. The van der Waals surface area contributed by atoms with Crippen molar-refractivity contribution in [2.45, 2.75) is 0 Å². The van der Waals surface area contributed by atoms with Crippen LogP contribution in [0.1, 0.15) is 11.1 Å². The Hall–Kier alpha value is -4.58. The molecule has 0 fully saturated rings. The molecule has 0 unspecified atom stereocenters. The second-order valence-electron chi connectivity index (χ2n) is 9.20. The Balaban J connectivity index is 1.68. The first-order chi connectivity index (χ1) is 17.8. The summed E-state index contributed by atoms with van der Waals surface area (Å²) >= 11 is -3.57. The molecule has 7 rings (SSSR count). The van der Waals surface area contributed by atoms with E-state index in [4.69, 9.17) is 0 Å². The molecule has 0 bridgehead atoms. The predicted molar refractivity (Wildman–Crippen MR) is 147 cm³/mol. The molecule has 0 saturated heterocycles. The molecule has 0 atom stereocenters. The molecule has 3 nitrogen and oxygen atoms in total. The molecule has 2 aliphatic rings. The van der Waals surface area contributed by atoms with E-state index in [9.17, 15) is 10.5 Å². The van der Waals surface area contributed by atoms with E-state index in [1.54, 1.807) is 0 Å². The minimum atomic E-state index is -3.57. The van der Waals surface area contributed by atoms with Gasteiger partial charge in [0.2, 0.25) is 0 Å². The molecule has 4 heteroatoms. The Kier molecular flexibility index (Phi) is 4.45. The number of para-hydroxylation sites is 3. The average molecular weight is 518 g/mol. The SMILES string of the molecule is N#Cc1ccc2[c](c1)[Ge]1([c]3cc(C#N)ccc3-2)[c]2ccccc2N(c2ccccc2)c2cccc[c]21. The summed E-state index contributed by atoms with van der Waals surface area (Å²) in [5.41, 5.74) is 7.18. The zero-order chi connectivity index (χ0) is 24.3. The van der Waals surface area contributed by atoms with Crippen LogP contribution in [0.5, 0.6) is 0 Å². The number of hydrogen-bond donors (Lipinski definition) is 0. The Morgan fingerprint density at radius 3 is 1.47 bits per heavy atom. The van der Waals surface area contributed by atoms with Crippen molar-refractivity contribution < 1.29 is 0 Å². The summed E-state index contributed by atoms with van der Waals surface area (Å²) in [7, 11) is 0. The molecule has 0 aliphatic carbocycles. The Labute approximate surface area is 212 Å². The summed E-state index contributed by atoms with van der Waals surface area (Å²) < 4.78 is 5.19. The third kappa shape index (κ3) is 2.61. The molecule has 1 spiro atoms. The molecule has 2 heterocycles. The van der Waals surface area contributed by atoms with Gasteiger partial charge in [0.25, 0.3) is 0 Å². The first-order valence-electron chi connectivity index (χ1n) is 11.9. The van der Waals surface area contributed by atoms with Crippen LogP contribution in [0.15, 0.2) is 115 Å². The van der Waals surface area contributed by atoms with Crippen LogP contribution in [-0.2, 0) is 0 Å². The van der Waals surface area contributed by atoms with Gasteiger partial charge in [0.1, 0.15) is 0 Å². The zero-order valence-corrected chi connectivity index (χ0v) is 21.4. The van der Waals surface area contributed by atoms with Crippen molar-refractivity contribution in [2.75, 3.05) is 4.90 Å². The monoisotopic (exact) mass is 519 g/mol. The number of hydrogen-bond acceptors (Lipinski definition) is 3. The summed E-state index contributed by atoms with van der Waals surface area (Å²) in [6.45, 7) is 0. The van der Waals surface area contributed by atoms with E-state index < -0.39 is 13.3 Å². The van der Waals surface area contributed by atoms with E-state index in [-0.39, 0.29) is 0 Å². The van der Waals surface area contributed by atoms with Gasteiger partial charge in [-0.15, -0.1) is 0 Å². The van der Waals surface area contributed by atoms with Gasteiger partial charge in [-0.25, -0.2) is 0 Å². The van der Waals surface area contributed by atoms with Crippen molar-refractivity contribution in [3.05, 3.63) is 126 Å². The number of anilines is 3. The second kappa shape index (κ2) is 7.72. The number of fused-ring (bicyclic) bond motifs is 9. The molecule has 5 aromatic carbocycles. The Morgan fingerprint density at radius 1 is 0.500 bits per heavy atom. The molecule has 5 aromatic rings. The van der Waals surface area contributed by atoms with E-state index in [2.05, 4.69) is 114 Å². The van der Waals surface area contributed by atoms with Crippen LogP contribution in [0.25, 0.3) is 11.1 Å². The number of rotatable bonds is 1. The third-order valence-corrected chi connectivity index (χ3v) is 17.8. The van der Waals surface area contributed by atoms with Crippen molar-refractivity contribution in [2.24, 2.45) is 0 Å². The molecule has 0 amide bonds. The number of nitrogens with zero attached hydrogens (tertiary/aromatic N) is 3. The average Bonchev–Trinajstić information content (AvgIpc) is 3.23. The summed E-state index contributed by atoms with van der Waals surface area (Å²) in [4.78, 5) is 2.36. The first-order valence-corrected chi connectivity index (χ1v) is 16.1. The molecular weight excluding hydrogens is 499 g/mol. The van der Waals surface area contributed by atoms with Crippen molar-refractivity contribution in [1.82, 2.24) is 0 Å². The van der Waals surface area contributed by atoms with Gasteiger partial charge in [0.15, 0.2) is 0 Å².